The van der Waals surface area contributed by atoms with Crippen molar-refractivity contribution in [3.63, 3.8) is 0 Å². The van der Waals surface area contributed by atoms with Crippen molar-refractivity contribution in [1.82, 2.24) is 0 Å². The molecule has 0 aromatic heterocycles. The number of rotatable bonds is 3. The van der Waals surface area contributed by atoms with E-state index in [0.717, 1.165) is 13.8 Å². The Morgan fingerprint density at radius 1 is 0.900 bits per heavy atom. The fraction of sp³-hybridized carbons (Fsp3) is 0.333. The zero-order valence-electron chi connectivity index (χ0n) is 5.82. The van der Waals surface area contributed by atoms with Gasteiger partial charge in [-0.25, -0.2) is 0 Å². The van der Waals surface area contributed by atoms with Crippen molar-refractivity contribution in [2.24, 2.45) is 0 Å². The van der Waals surface area contributed by atoms with Crippen molar-refractivity contribution in [3.8, 4) is 0 Å². The van der Waals surface area contributed by atoms with E-state index >= 15 is 0 Å². The van der Waals surface area contributed by atoms with Crippen LogP contribution in [0.25, 0.3) is 0 Å². The molecule has 0 aromatic rings. The lowest BCUT2D eigenvalue weighted by molar-refractivity contribution is -0.112. The van der Waals surface area contributed by atoms with E-state index in [4.69, 9.17) is 10.8 Å². The molecule has 0 amide bonds. The first-order valence-electron chi connectivity index (χ1n) is 2.66. The van der Waals surface area contributed by atoms with Crippen molar-refractivity contribution in [3.05, 3.63) is 0 Å². The van der Waals surface area contributed by atoms with Crippen LogP contribution in [0.15, 0.2) is 0 Å². The molecular formula is C6H8N2O2. The van der Waals surface area contributed by atoms with Crippen LogP contribution in [0.2, 0.25) is 0 Å². The second kappa shape index (κ2) is 3.00. The van der Waals surface area contributed by atoms with Crippen molar-refractivity contribution >= 4 is 23.0 Å². The number of hydrogen-bond donors (Lipinski definition) is 2. The summed E-state index contributed by atoms with van der Waals surface area (Å²) in [7, 11) is 0. The molecule has 4 heteroatoms. The highest BCUT2D eigenvalue weighted by atomic mass is 16.1. The third-order valence-electron chi connectivity index (χ3n) is 0.954. The van der Waals surface area contributed by atoms with Crippen molar-refractivity contribution < 1.29 is 9.59 Å². The van der Waals surface area contributed by atoms with Crippen molar-refractivity contribution in [2.75, 3.05) is 0 Å². The van der Waals surface area contributed by atoms with E-state index in [1.165, 1.54) is 0 Å². The average molecular weight is 140 g/mol. The Labute approximate surface area is 58.3 Å². The number of ketones is 2. The van der Waals surface area contributed by atoms with Gasteiger partial charge < -0.3 is 0 Å². The van der Waals surface area contributed by atoms with Gasteiger partial charge in [-0.1, -0.05) is 0 Å². The van der Waals surface area contributed by atoms with Crippen LogP contribution >= 0.6 is 0 Å². The number of Topliss-reactive ketones (excluding diaryl/α,β-unsaturated/α-hetero) is 2. The summed E-state index contributed by atoms with van der Waals surface area (Å²) in [5.41, 5.74) is -1.04. The van der Waals surface area contributed by atoms with Gasteiger partial charge in [0.2, 0.25) is 0 Å². The van der Waals surface area contributed by atoms with Crippen LogP contribution in [0.1, 0.15) is 13.8 Å². The normalized spacial score (nSPS) is 8.60. The molecule has 0 aliphatic heterocycles. The second-order valence-corrected chi connectivity index (χ2v) is 1.86. The Kier molecular flexibility index (Phi) is 2.61. The van der Waals surface area contributed by atoms with E-state index in [1.54, 1.807) is 0 Å². The molecule has 0 aliphatic carbocycles. The summed E-state index contributed by atoms with van der Waals surface area (Å²) in [5.74, 6) is -1.11. The number of nitrogens with one attached hydrogen (secondary N) is 2. The zero-order valence-corrected chi connectivity index (χ0v) is 5.82. The highest BCUT2D eigenvalue weighted by molar-refractivity contribution is 6.79. The topological polar surface area (TPSA) is 81.8 Å². The van der Waals surface area contributed by atoms with Crippen LogP contribution in [-0.4, -0.2) is 23.0 Å². The van der Waals surface area contributed by atoms with Crippen LogP contribution < -0.4 is 0 Å². The summed E-state index contributed by atoms with van der Waals surface area (Å²) < 4.78 is 0. The summed E-state index contributed by atoms with van der Waals surface area (Å²) in [6, 6.07) is 0. The minimum Gasteiger partial charge on any atom is -0.295 e. The molecule has 0 bridgehead atoms. The first kappa shape index (κ1) is 8.68. The van der Waals surface area contributed by atoms with Gasteiger partial charge in [0.05, 0.1) is 0 Å². The van der Waals surface area contributed by atoms with Gasteiger partial charge in [0, 0.05) is 13.8 Å². The monoisotopic (exact) mass is 140 g/mol. The Morgan fingerprint density at radius 2 is 1.10 bits per heavy atom. The van der Waals surface area contributed by atoms with Crippen LogP contribution in [0.5, 0.6) is 0 Å². The molecule has 0 spiro atoms. The standard InChI is InChI=1S/C6H8N2O2/c1-3(9)5(7)6(8)4(2)10/h7-8H,1-2H3. The maximum Gasteiger partial charge on any atom is 0.179 e. The lowest BCUT2D eigenvalue weighted by atomic mass is 10.1. The molecule has 54 valence electrons. The van der Waals surface area contributed by atoms with Crippen molar-refractivity contribution in [1.29, 1.82) is 10.8 Å². The molecule has 0 aromatic carbocycles. The lowest BCUT2D eigenvalue weighted by Crippen LogP contribution is -2.25. The van der Waals surface area contributed by atoms with E-state index in [1.807, 2.05) is 0 Å². The number of carbonyl (C=O) groups excluding carboxylic acids is 2. The molecule has 10 heavy (non-hydrogen) atoms. The maximum atomic E-state index is 10.4. The van der Waals surface area contributed by atoms with Gasteiger partial charge in [0.1, 0.15) is 11.4 Å². The van der Waals surface area contributed by atoms with Crippen LogP contribution in [-0.2, 0) is 9.59 Å². The summed E-state index contributed by atoms with van der Waals surface area (Å²) in [6.07, 6.45) is 0. The number of hydrogen-bond acceptors (Lipinski definition) is 4. The van der Waals surface area contributed by atoms with E-state index in [0.29, 0.717) is 0 Å². The van der Waals surface area contributed by atoms with Crippen LogP contribution in [0.4, 0.5) is 0 Å². The molecule has 0 aliphatic rings. The molecule has 2 N–H and O–H groups in total. The predicted octanol–water partition coefficient (Wildman–Crippen LogP) is 0.204. The summed E-state index contributed by atoms with van der Waals surface area (Å²) in [5, 5.41) is 13.8. The minimum absolute atomic E-state index is 0.521. The molecule has 0 fully saturated rings. The molecule has 0 atom stereocenters. The van der Waals surface area contributed by atoms with Gasteiger partial charge in [-0.3, -0.25) is 20.4 Å². The molecule has 0 heterocycles. The first-order chi connectivity index (χ1) is 4.46. The number of carbonyl (C=O) groups is 2. The molecular weight excluding hydrogens is 132 g/mol. The van der Waals surface area contributed by atoms with E-state index in [-0.39, 0.29) is 0 Å². The molecule has 0 unspecified atom stereocenters. The lowest BCUT2D eigenvalue weighted by Gasteiger charge is -1.94. The molecule has 4 nitrogen and oxygen atoms in total. The smallest absolute Gasteiger partial charge is 0.179 e. The predicted molar refractivity (Wildman–Crippen MR) is 36.8 cm³/mol. The highest BCUT2D eigenvalue weighted by Gasteiger charge is 2.13. The first-order valence-corrected chi connectivity index (χ1v) is 2.66. The van der Waals surface area contributed by atoms with Gasteiger partial charge in [0.15, 0.2) is 11.6 Å². The fourth-order valence-corrected chi connectivity index (χ4v) is 0.352. The summed E-state index contributed by atoms with van der Waals surface area (Å²) in [4.78, 5) is 20.7. The molecule has 0 radical (unpaired) electrons. The van der Waals surface area contributed by atoms with Crippen LogP contribution in [0.3, 0.4) is 0 Å². The van der Waals surface area contributed by atoms with E-state index < -0.39 is 23.0 Å². The molecule has 0 saturated heterocycles. The summed E-state index contributed by atoms with van der Waals surface area (Å²) >= 11 is 0. The van der Waals surface area contributed by atoms with Gasteiger partial charge in [-0.2, -0.15) is 0 Å². The van der Waals surface area contributed by atoms with Gasteiger partial charge in [-0.15, -0.1) is 0 Å². The summed E-state index contributed by atoms with van der Waals surface area (Å²) in [6.45, 7) is 2.31. The van der Waals surface area contributed by atoms with E-state index in [2.05, 4.69) is 0 Å². The quantitative estimate of drug-likeness (QED) is 0.549. The average Bonchev–Trinajstić information content (AvgIpc) is 1.84. The Bertz CT molecular complexity index is 194. The highest BCUT2D eigenvalue weighted by Crippen LogP contribution is 1.82. The largest absolute Gasteiger partial charge is 0.295 e. The Balaban J connectivity index is 4.39. The SMILES string of the molecule is CC(=O)C(=N)C(=N)C(C)=O. The molecule has 0 rings (SSSR count). The zero-order chi connectivity index (χ0) is 8.31. The minimum atomic E-state index is -0.555. The van der Waals surface area contributed by atoms with Gasteiger partial charge in [-0.05, 0) is 0 Å². The maximum absolute atomic E-state index is 10.4. The van der Waals surface area contributed by atoms with Gasteiger partial charge in [0.25, 0.3) is 0 Å². The van der Waals surface area contributed by atoms with Gasteiger partial charge >= 0.3 is 0 Å². The second-order valence-electron chi connectivity index (χ2n) is 1.86. The van der Waals surface area contributed by atoms with Crippen molar-refractivity contribution in [2.45, 2.75) is 13.8 Å². The molecule has 0 saturated carbocycles. The van der Waals surface area contributed by atoms with Crippen LogP contribution in [0, 0.1) is 10.8 Å². The van der Waals surface area contributed by atoms with E-state index in [9.17, 15) is 9.59 Å². The Hall–Kier alpha value is -1.32. The fourth-order valence-electron chi connectivity index (χ4n) is 0.352. The third kappa shape index (κ3) is 1.89. The Morgan fingerprint density at radius 3 is 1.20 bits per heavy atom. The third-order valence-corrected chi connectivity index (χ3v) is 0.954.